The van der Waals surface area contributed by atoms with Crippen molar-refractivity contribution in [2.24, 2.45) is 5.73 Å². The van der Waals surface area contributed by atoms with E-state index in [1.807, 2.05) is 23.6 Å². The number of anilines is 1. The summed E-state index contributed by atoms with van der Waals surface area (Å²) >= 11 is 1.27. The second-order valence-corrected chi connectivity index (χ2v) is 9.85. The maximum atomic E-state index is 13.3. The average molecular weight is 484 g/mol. The first-order chi connectivity index (χ1) is 16.1. The molecule has 2 aromatic carbocycles. The van der Waals surface area contributed by atoms with Crippen molar-refractivity contribution in [3.05, 3.63) is 59.9 Å². The summed E-state index contributed by atoms with van der Waals surface area (Å²) in [6.07, 6.45) is 0.00757. The van der Waals surface area contributed by atoms with Gasteiger partial charge in [0, 0.05) is 30.8 Å². The van der Waals surface area contributed by atoms with Gasteiger partial charge in [0.05, 0.1) is 5.75 Å². The Labute approximate surface area is 203 Å². The molecule has 0 aliphatic rings. The van der Waals surface area contributed by atoms with E-state index >= 15 is 0 Å². The summed E-state index contributed by atoms with van der Waals surface area (Å²) in [6.45, 7) is 9.26. The van der Waals surface area contributed by atoms with E-state index in [1.165, 1.54) is 46.5 Å². The highest BCUT2D eigenvalue weighted by molar-refractivity contribution is 7.99. The molecule has 0 radical (unpaired) electrons. The fraction of sp³-hybridized carbons (Fsp3) is 0.360. The summed E-state index contributed by atoms with van der Waals surface area (Å²) in [5, 5.41) is 9.29. The molecule has 0 aliphatic heterocycles. The summed E-state index contributed by atoms with van der Waals surface area (Å²) in [5.74, 6) is -0.335. The van der Waals surface area contributed by atoms with Crippen LogP contribution in [0.5, 0.6) is 0 Å². The second-order valence-electron chi connectivity index (χ2n) is 8.90. The number of halogens is 1. The number of primary amides is 1. The fourth-order valence-electron chi connectivity index (χ4n) is 3.46. The number of rotatable bonds is 9. The molecule has 0 unspecified atom stereocenters. The fourth-order valence-corrected chi connectivity index (χ4v) is 4.34. The van der Waals surface area contributed by atoms with Crippen molar-refractivity contribution >= 4 is 29.3 Å². The van der Waals surface area contributed by atoms with Crippen LogP contribution in [-0.2, 0) is 21.5 Å². The van der Waals surface area contributed by atoms with Crippen molar-refractivity contribution in [1.82, 2.24) is 14.8 Å². The Morgan fingerprint density at radius 2 is 1.71 bits per heavy atom. The van der Waals surface area contributed by atoms with Crippen LogP contribution >= 0.6 is 11.8 Å². The summed E-state index contributed by atoms with van der Waals surface area (Å²) in [7, 11) is 0. The minimum absolute atomic E-state index is 0.00757. The number of nitrogens with two attached hydrogens (primary N) is 1. The van der Waals surface area contributed by atoms with E-state index < -0.39 is 11.7 Å². The number of benzene rings is 2. The van der Waals surface area contributed by atoms with Crippen molar-refractivity contribution in [2.75, 3.05) is 17.2 Å². The predicted octanol–water partition coefficient (Wildman–Crippen LogP) is 4.40. The van der Waals surface area contributed by atoms with Crippen molar-refractivity contribution in [3.63, 3.8) is 0 Å². The maximum Gasteiger partial charge on any atom is 0.237 e. The smallest absolute Gasteiger partial charge is 0.237 e. The van der Waals surface area contributed by atoms with Gasteiger partial charge in [-0.2, -0.15) is 0 Å². The quantitative estimate of drug-likeness (QED) is 0.455. The molecule has 1 heterocycles. The molecule has 3 aromatic rings. The maximum absolute atomic E-state index is 13.3. The topological polar surface area (TPSA) is 94.1 Å². The number of thioether (sulfide) groups is 1. The van der Waals surface area contributed by atoms with E-state index in [0.717, 1.165) is 11.4 Å². The molecule has 1 aromatic heterocycles. The third-order valence-electron chi connectivity index (χ3n) is 5.39. The number of aromatic nitrogens is 3. The zero-order valence-electron chi connectivity index (χ0n) is 19.9. The Morgan fingerprint density at radius 3 is 2.26 bits per heavy atom. The van der Waals surface area contributed by atoms with Gasteiger partial charge in [-0.15, -0.1) is 10.2 Å². The van der Waals surface area contributed by atoms with Gasteiger partial charge in [0.1, 0.15) is 5.82 Å². The number of hydrogen-bond donors (Lipinski definition) is 1. The lowest BCUT2D eigenvalue weighted by atomic mass is 9.87. The van der Waals surface area contributed by atoms with E-state index in [2.05, 4.69) is 43.1 Å². The number of amides is 2. The van der Waals surface area contributed by atoms with Gasteiger partial charge in [0.15, 0.2) is 11.0 Å². The van der Waals surface area contributed by atoms with Crippen molar-refractivity contribution < 1.29 is 14.0 Å². The lowest BCUT2D eigenvalue weighted by molar-refractivity contribution is -0.118. The van der Waals surface area contributed by atoms with E-state index in [1.54, 1.807) is 0 Å². The van der Waals surface area contributed by atoms with E-state index in [9.17, 15) is 14.0 Å². The van der Waals surface area contributed by atoms with Crippen molar-refractivity contribution in [2.45, 2.75) is 51.2 Å². The molecular formula is C25H30FN5O2S. The van der Waals surface area contributed by atoms with Gasteiger partial charge in [0.2, 0.25) is 11.8 Å². The Balaban J connectivity index is 1.77. The van der Waals surface area contributed by atoms with Gasteiger partial charge in [-0.3, -0.25) is 9.59 Å². The Morgan fingerprint density at radius 1 is 1.06 bits per heavy atom. The first-order valence-corrected chi connectivity index (χ1v) is 12.1. The van der Waals surface area contributed by atoms with Gasteiger partial charge in [0.25, 0.3) is 0 Å². The van der Waals surface area contributed by atoms with Crippen molar-refractivity contribution in [1.29, 1.82) is 0 Å². The monoisotopic (exact) mass is 483 g/mol. The second kappa shape index (κ2) is 10.8. The molecule has 0 saturated heterocycles. The lowest BCUT2D eigenvalue weighted by Crippen LogP contribution is -2.35. The Hall–Kier alpha value is -3.20. The zero-order valence-corrected chi connectivity index (χ0v) is 20.7. The molecule has 0 spiro atoms. The molecule has 0 atom stereocenters. The molecule has 3 rings (SSSR count). The summed E-state index contributed by atoms with van der Waals surface area (Å²) in [5.41, 5.74) is 8.02. The standard InChI is InChI=1S/C25H30FN5O2S/c1-5-30-23(17-6-8-18(9-7-17)25(2,3)4)28-29-24(30)34-16-22(33)31(15-14-21(27)32)20-12-10-19(26)11-13-20/h6-13H,5,14-16H2,1-4H3,(H2,27,32). The minimum atomic E-state index is -0.514. The van der Waals surface area contributed by atoms with Crippen LogP contribution in [0.1, 0.15) is 39.7 Å². The zero-order chi connectivity index (χ0) is 24.9. The molecule has 2 amide bonds. The van der Waals surface area contributed by atoms with E-state index in [4.69, 9.17) is 5.73 Å². The molecule has 180 valence electrons. The first kappa shape index (κ1) is 25.4. The lowest BCUT2D eigenvalue weighted by Gasteiger charge is -2.22. The molecule has 0 aliphatic carbocycles. The van der Waals surface area contributed by atoms with Gasteiger partial charge in [-0.25, -0.2) is 4.39 Å². The molecule has 0 saturated carbocycles. The summed E-state index contributed by atoms with van der Waals surface area (Å²) < 4.78 is 15.3. The minimum Gasteiger partial charge on any atom is -0.370 e. The van der Waals surface area contributed by atoms with Crippen LogP contribution in [0, 0.1) is 5.82 Å². The molecule has 0 fully saturated rings. The van der Waals surface area contributed by atoms with Crippen LogP contribution in [-0.4, -0.2) is 38.9 Å². The molecule has 2 N–H and O–H groups in total. The highest BCUT2D eigenvalue weighted by Crippen LogP contribution is 2.28. The van der Waals surface area contributed by atoms with Crippen LogP contribution in [0.3, 0.4) is 0 Å². The average Bonchev–Trinajstić information content (AvgIpc) is 3.21. The van der Waals surface area contributed by atoms with Crippen LogP contribution in [0.25, 0.3) is 11.4 Å². The van der Waals surface area contributed by atoms with E-state index in [0.29, 0.717) is 17.4 Å². The number of carbonyl (C=O) groups excluding carboxylic acids is 2. The largest absolute Gasteiger partial charge is 0.370 e. The third kappa shape index (κ3) is 6.22. The SMILES string of the molecule is CCn1c(SCC(=O)N(CCC(N)=O)c2ccc(F)cc2)nnc1-c1ccc(C(C)(C)C)cc1. The van der Waals surface area contributed by atoms with Gasteiger partial charge < -0.3 is 15.2 Å². The summed E-state index contributed by atoms with van der Waals surface area (Å²) in [4.78, 5) is 25.7. The van der Waals surface area contributed by atoms with Gasteiger partial charge >= 0.3 is 0 Å². The predicted molar refractivity (Wildman–Crippen MR) is 133 cm³/mol. The van der Waals surface area contributed by atoms with Gasteiger partial charge in [-0.05, 0) is 42.2 Å². The normalized spacial score (nSPS) is 11.4. The number of nitrogens with zero attached hydrogens (tertiary/aromatic N) is 4. The highest BCUT2D eigenvalue weighted by Gasteiger charge is 2.20. The van der Waals surface area contributed by atoms with Crippen LogP contribution in [0.2, 0.25) is 0 Å². The Kier molecular flexibility index (Phi) is 8.09. The van der Waals surface area contributed by atoms with Crippen LogP contribution < -0.4 is 10.6 Å². The van der Waals surface area contributed by atoms with Crippen LogP contribution in [0.15, 0.2) is 53.7 Å². The highest BCUT2D eigenvalue weighted by atomic mass is 32.2. The molecule has 9 heteroatoms. The Bertz CT molecular complexity index is 1140. The molecule has 0 bridgehead atoms. The molecule has 7 nitrogen and oxygen atoms in total. The van der Waals surface area contributed by atoms with E-state index in [-0.39, 0.29) is 30.0 Å². The first-order valence-electron chi connectivity index (χ1n) is 11.1. The van der Waals surface area contributed by atoms with Crippen LogP contribution in [0.4, 0.5) is 10.1 Å². The van der Waals surface area contributed by atoms with Gasteiger partial charge in [-0.1, -0.05) is 56.8 Å². The number of carbonyl (C=O) groups is 2. The molecular weight excluding hydrogens is 453 g/mol. The summed E-state index contributed by atoms with van der Waals surface area (Å²) in [6, 6.07) is 13.8. The molecule has 34 heavy (non-hydrogen) atoms. The number of hydrogen-bond acceptors (Lipinski definition) is 5. The third-order valence-corrected chi connectivity index (χ3v) is 6.34. The van der Waals surface area contributed by atoms with Crippen molar-refractivity contribution in [3.8, 4) is 11.4 Å².